The average molecular weight is 474 g/mol. The van der Waals surface area contributed by atoms with Crippen molar-refractivity contribution >= 4 is 34.1 Å². The number of hydrogen-bond acceptors (Lipinski definition) is 3. The van der Waals surface area contributed by atoms with Crippen molar-refractivity contribution in [1.29, 1.82) is 0 Å². The van der Waals surface area contributed by atoms with Crippen molar-refractivity contribution in [3.63, 3.8) is 0 Å². The van der Waals surface area contributed by atoms with E-state index in [1.165, 1.54) is 6.42 Å². The van der Waals surface area contributed by atoms with Gasteiger partial charge < -0.3 is 4.90 Å². The minimum atomic E-state index is -0.0193. The second kappa shape index (κ2) is 9.70. The maximum atomic E-state index is 13.7. The Morgan fingerprint density at radius 3 is 2.69 bits per heavy atom. The van der Waals surface area contributed by atoms with E-state index in [-0.39, 0.29) is 17.4 Å². The second-order valence-electron chi connectivity index (χ2n) is 9.80. The number of aromatic nitrogens is 2. The fourth-order valence-corrected chi connectivity index (χ4v) is 5.50. The van der Waals surface area contributed by atoms with Crippen LogP contribution in [0.1, 0.15) is 70.2 Å². The Morgan fingerprint density at radius 1 is 1.19 bits per heavy atom. The van der Waals surface area contributed by atoms with Crippen LogP contribution in [-0.2, 0) is 6.54 Å². The Balaban J connectivity index is 1.74. The van der Waals surface area contributed by atoms with E-state index in [9.17, 15) is 4.79 Å². The summed E-state index contributed by atoms with van der Waals surface area (Å²) in [5, 5.41) is 1.87. The molecule has 0 radical (unpaired) electrons. The number of benzene rings is 1. The van der Waals surface area contributed by atoms with E-state index < -0.39 is 0 Å². The van der Waals surface area contributed by atoms with Crippen LogP contribution in [0, 0.1) is 5.92 Å². The molecule has 6 heteroatoms. The molecular formula is C26H33Cl2N3O. The Hall–Kier alpha value is -1.62. The molecule has 2 aliphatic rings. The van der Waals surface area contributed by atoms with Gasteiger partial charge in [0.1, 0.15) is 5.82 Å². The minimum absolute atomic E-state index is 0.0193. The first-order valence-corrected chi connectivity index (χ1v) is 12.5. The van der Waals surface area contributed by atoms with Gasteiger partial charge in [-0.15, -0.1) is 0 Å². The smallest absolute Gasteiger partial charge is 0.261 e. The molecule has 4 nitrogen and oxygen atoms in total. The Kier molecular flexibility index (Phi) is 7.14. The van der Waals surface area contributed by atoms with Crippen LogP contribution < -0.4 is 5.56 Å². The summed E-state index contributed by atoms with van der Waals surface area (Å²) in [7, 11) is 0. The molecule has 32 heavy (non-hydrogen) atoms. The molecule has 1 aromatic carbocycles. The monoisotopic (exact) mass is 473 g/mol. The van der Waals surface area contributed by atoms with Crippen LogP contribution in [0.3, 0.4) is 0 Å². The number of nitrogens with zero attached hydrogens (tertiary/aromatic N) is 3. The number of hydrogen-bond donors (Lipinski definition) is 0. The molecule has 0 bridgehead atoms. The molecule has 1 unspecified atom stereocenters. The zero-order valence-corrected chi connectivity index (χ0v) is 21.0. The third-order valence-corrected chi connectivity index (χ3v) is 7.71. The van der Waals surface area contributed by atoms with E-state index in [2.05, 4.69) is 32.6 Å². The molecule has 1 aliphatic heterocycles. The van der Waals surface area contributed by atoms with Crippen molar-refractivity contribution < 1.29 is 0 Å². The summed E-state index contributed by atoms with van der Waals surface area (Å²) >= 11 is 12.8. The van der Waals surface area contributed by atoms with Crippen molar-refractivity contribution in [1.82, 2.24) is 14.5 Å². The van der Waals surface area contributed by atoms with Gasteiger partial charge in [0.2, 0.25) is 0 Å². The molecule has 0 saturated carbocycles. The van der Waals surface area contributed by atoms with Gasteiger partial charge in [-0.2, -0.15) is 0 Å². The molecule has 0 spiro atoms. The predicted octanol–water partition coefficient (Wildman–Crippen LogP) is 6.37. The molecule has 2 heterocycles. The highest BCUT2D eigenvalue weighted by molar-refractivity contribution is 6.40. The van der Waals surface area contributed by atoms with Crippen molar-refractivity contribution in [2.75, 3.05) is 13.1 Å². The van der Waals surface area contributed by atoms with E-state index >= 15 is 0 Å². The van der Waals surface area contributed by atoms with Gasteiger partial charge in [0.25, 0.3) is 5.56 Å². The minimum Gasteiger partial charge on any atom is -0.301 e. The van der Waals surface area contributed by atoms with Crippen LogP contribution >= 0.6 is 23.2 Å². The molecule has 0 amide bonds. The summed E-state index contributed by atoms with van der Waals surface area (Å²) < 4.78 is 1.94. The van der Waals surface area contributed by atoms with E-state index in [0.717, 1.165) is 49.4 Å². The Labute approximate surface area is 200 Å². The Morgan fingerprint density at radius 2 is 1.97 bits per heavy atom. The fraction of sp³-hybridized carbons (Fsp3) is 0.538. The van der Waals surface area contributed by atoms with E-state index in [4.69, 9.17) is 28.2 Å². The lowest BCUT2D eigenvalue weighted by Gasteiger charge is -2.36. The highest BCUT2D eigenvalue weighted by atomic mass is 35.5. The van der Waals surface area contributed by atoms with E-state index in [0.29, 0.717) is 27.4 Å². The average Bonchev–Trinajstić information content (AvgIpc) is 2.77. The third kappa shape index (κ3) is 4.69. The largest absolute Gasteiger partial charge is 0.301 e. The van der Waals surface area contributed by atoms with Gasteiger partial charge in [-0.05, 0) is 69.3 Å². The molecule has 1 fully saturated rings. The van der Waals surface area contributed by atoms with Gasteiger partial charge in [-0.3, -0.25) is 9.36 Å². The number of piperidine rings is 1. The number of allylic oxidation sites excluding steroid dienone is 4. The maximum Gasteiger partial charge on any atom is 0.261 e. The van der Waals surface area contributed by atoms with Crippen molar-refractivity contribution in [3.8, 4) is 0 Å². The van der Waals surface area contributed by atoms with Crippen molar-refractivity contribution in [3.05, 3.63) is 62.2 Å². The summed E-state index contributed by atoms with van der Waals surface area (Å²) in [6.07, 6.45) is 6.99. The number of fused-ring (bicyclic) bond motifs is 1. The molecule has 1 saturated heterocycles. The Bertz CT molecular complexity index is 1120. The fourth-order valence-electron chi connectivity index (χ4n) is 5.00. The molecule has 4 rings (SSSR count). The van der Waals surface area contributed by atoms with Gasteiger partial charge in [0, 0.05) is 36.0 Å². The molecule has 2 atom stereocenters. The number of halogens is 2. The first kappa shape index (κ1) is 23.5. The molecule has 1 aliphatic carbocycles. The standard InChI is InChI=1S/C26H33Cl2N3O/c1-16(2)25-29-23-11-10-19(20-8-5-9-22(27)24(20)28)13-21(23)26(32)31(25)15-18-7-6-12-30(14-18)17(3)4/h5,9-11,13,16-18,20H,6-8,12,14-15H2,1-4H3/t18-,20?/m0/s1. The SMILES string of the molecule is CC(C)c1nc2ccc(C3CC=CC(Cl)=C3Cl)cc2c(=O)n1C[C@H]1CCCN(C(C)C)C1. The topological polar surface area (TPSA) is 38.1 Å². The molecule has 0 N–H and O–H groups in total. The first-order valence-electron chi connectivity index (χ1n) is 11.8. The summed E-state index contributed by atoms with van der Waals surface area (Å²) in [6.45, 7) is 11.6. The highest BCUT2D eigenvalue weighted by Crippen LogP contribution is 2.38. The van der Waals surface area contributed by atoms with Gasteiger partial charge in [0.15, 0.2) is 0 Å². The second-order valence-corrected chi connectivity index (χ2v) is 10.6. The summed E-state index contributed by atoms with van der Waals surface area (Å²) in [6, 6.07) is 6.50. The zero-order chi connectivity index (χ0) is 23.0. The van der Waals surface area contributed by atoms with E-state index in [1.54, 1.807) is 0 Å². The predicted molar refractivity (Wildman–Crippen MR) is 135 cm³/mol. The van der Waals surface area contributed by atoms with Gasteiger partial charge in [0.05, 0.1) is 15.9 Å². The highest BCUT2D eigenvalue weighted by Gasteiger charge is 2.25. The number of likely N-dealkylation sites (tertiary alicyclic amines) is 1. The summed E-state index contributed by atoms with van der Waals surface area (Å²) in [5.41, 5.74) is 1.82. The van der Waals surface area contributed by atoms with Crippen molar-refractivity contribution in [2.24, 2.45) is 5.92 Å². The van der Waals surface area contributed by atoms with Crippen LogP contribution in [-0.4, -0.2) is 33.6 Å². The van der Waals surface area contributed by atoms with E-state index in [1.807, 2.05) is 34.9 Å². The normalized spacial score (nSPS) is 22.5. The number of rotatable bonds is 5. The quantitative estimate of drug-likeness (QED) is 0.505. The molecule has 172 valence electrons. The maximum absolute atomic E-state index is 13.7. The van der Waals surface area contributed by atoms with Crippen molar-refractivity contribution in [2.45, 2.75) is 71.4 Å². The van der Waals surface area contributed by atoms with Crippen LogP contribution in [0.2, 0.25) is 0 Å². The lowest BCUT2D eigenvalue weighted by molar-refractivity contribution is 0.129. The summed E-state index contributed by atoms with van der Waals surface area (Å²) in [5.74, 6) is 1.49. The van der Waals surface area contributed by atoms with Gasteiger partial charge >= 0.3 is 0 Å². The van der Waals surface area contributed by atoms with Crippen LogP contribution in [0.5, 0.6) is 0 Å². The lowest BCUT2D eigenvalue weighted by atomic mass is 9.91. The third-order valence-electron chi connectivity index (χ3n) is 6.82. The zero-order valence-electron chi connectivity index (χ0n) is 19.4. The molecule has 2 aromatic rings. The molecular weight excluding hydrogens is 441 g/mol. The van der Waals surface area contributed by atoms with Crippen LogP contribution in [0.25, 0.3) is 10.9 Å². The van der Waals surface area contributed by atoms with Crippen LogP contribution in [0.15, 0.2) is 45.2 Å². The van der Waals surface area contributed by atoms with Gasteiger partial charge in [-0.1, -0.05) is 49.2 Å². The summed E-state index contributed by atoms with van der Waals surface area (Å²) in [4.78, 5) is 21.2. The molecule has 1 aromatic heterocycles. The van der Waals surface area contributed by atoms with Crippen LogP contribution in [0.4, 0.5) is 0 Å². The first-order chi connectivity index (χ1) is 15.3. The lowest BCUT2D eigenvalue weighted by Crippen LogP contribution is -2.42. The van der Waals surface area contributed by atoms with Gasteiger partial charge in [-0.25, -0.2) is 4.98 Å².